The molecule has 1 fully saturated rings. The minimum Gasteiger partial charge on any atom is -0.474 e. The van der Waals surface area contributed by atoms with Gasteiger partial charge in [0.25, 0.3) is 0 Å². The van der Waals surface area contributed by atoms with Crippen LogP contribution in [-0.4, -0.2) is 35.2 Å². The molecule has 1 atom stereocenters. The predicted molar refractivity (Wildman–Crippen MR) is 59.7 cm³/mol. The Kier molecular flexibility index (Phi) is 3.31. The lowest BCUT2D eigenvalue weighted by Gasteiger charge is -2.03. The molecule has 0 aromatic carbocycles. The van der Waals surface area contributed by atoms with Crippen molar-refractivity contribution in [2.75, 3.05) is 18.6 Å². The van der Waals surface area contributed by atoms with E-state index < -0.39 is 0 Å². The van der Waals surface area contributed by atoms with Crippen molar-refractivity contribution in [3.8, 4) is 5.88 Å². The lowest BCUT2D eigenvalue weighted by atomic mass is 10.5. The Morgan fingerprint density at radius 1 is 1.56 bits per heavy atom. The molecule has 6 heteroatoms. The summed E-state index contributed by atoms with van der Waals surface area (Å²) in [6, 6.07) is 3.51. The van der Waals surface area contributed by atoms with E-state index in [2.05, 4.69) is 20.7 Å². The van der Waals surface area contributed by atoms with E-state index in [1.165, 1.54) is 0 Å². The second-order valence-electron chi connectivity index (χ2n) is 3.69. The maximum absolute atomic E-state index is 5.35. The molecule has 0 spiro atoms. The van der Waals surface area contributed by atoms with Crippen molar-refractivity contribution < 1.29 is 9.47 Å². The second kappa shape index (κ2) is 4.89. The molecule has 2 heterocycles. The van der Waals surface area contributed by atoms with Crippen molar-refractivity contribution in [3.63, 3.8) is 0 Å². The lowest BCUT2D eigenvalue weighted by Crippen LogP contribution is -2.06. The summed E-state index contributed by atoms with van der Waals surface area (Å²) in [5.74, 6) is 1.09. The Balaban J connectivity index is 1.85. The summed E-state index contributed by atoms with van der Waals surface area (Å²) in [6.45, 7) is 5.10. The molecule has 0 amide bonds. The van der Waals surface area contributed by atoms with Gasteiger partial charge in [-0.3, -0.25) is 5.43 Å². The zero-order valence-corrected chi connectivity index (χ0v) is 9.30. The van der Waals surface area contributed by atoms with Crippen LogP contribution in [0.5, 0.6) is 5.88 Å². The van der Waals surface area contributed by atoms with Crippen LogP contribution in [0.2, 0.25) is 0 Å². The average molecular weight is 222 g/mol. The summed E-state index contributed by atoms with van der Waals surface area (Å²) >= 11 is 0. The number of epoxide rings is 1. The largest absolute Gasteiger partial charge is 0.474 e. The quantitative estimate of drug-likeness (QED) is 0.458. The van der Waals surface area contributed by atoms with E-state index in [4.69, 9.17) is 9.47 Å². The minimum atomic E-state index is 0.229. The molecule has 1 aliphatic rings. The van der Waals surface area contributed by atoms with E-state index in [1.807, 2.05) is 13.8 Å². The van der Waals surface area contributed by atoms with Crippen molar-refractivity contribution in [2.45, 2.75) is 20.0 Å². The molecule has 16 heavy (non-hydrogen) atoms. The van der Waals surface area contributed by atoms with E-state index in [0.29, 0.717) is 18.3 Å². The Bertz CT molecular complexity index is 369. The van der Waals surface area contributed by atoms with Crippen molar-refractivity contribution >= 4 is 11.5 Å². The number of rotatable bonds is 5. The maximum atomic E-state index is 5.35. The minimum absolute atomic E-state index is 0.229. The summed E-state index contributed by atoms with van der Waals surface area (Å²) in [5.41, 5.74) is 3.71. The smallest absolute Gasteiger partial charge is 0.233 e. The molecular weight excluding hydrogens is 208 g/mol. The van der Waals surface area contributed by atoms with Gasteiger partial charge in [0.05, 0.1) is 6.61 Å². The van der Waals surface area contributed by atoms with Gasteiger partial charge in [-0.15, -0.1) is 10.2 Å². The van der Waals surface area contributed by atoms with E-state index in [0.717, 1.165) is 12.3 Å². The summed E-state index contributed by atoms with van der Waals surface area (Å²) in [6.07, 6.45) is 0.229. The first-order chi connectivity index (χ1) is 7.74. The second-order valence-corrected chi connectivity index (χ2v) is 3.69. The van der Waals surface area contributed by atoms with Crippen LogP contribution in [-0.2, 0) is 4.74 Å². The van der Waals surface area contributed by atoms with Crippen molar-refractivity contribution in [1.82, 2.24) is 10.2 Å². The van der Waals surface area contributed by atoms with Gasteiger partial charge in [-0.05, 0) is 19.9 Å². The van der Waals surface area contributed by atoms with E-state index in [9.17, 15) is 0 Å². The fraction of sp³-hybridized carbons (Fsp3) is 0.500. The van der Waals surface area contributed by atoms with Crippen LogP contribution in [0.4, 0.5) is 5.82 Å². The lowest BCUT2D eigenvalue weighted by molar-refractivity contribution is 0.253. The third-order valence-corrected chi connectivity index (χ3v) is 1.85. The normalized spacial score (nSPS) is 17.8. The highest BCUT2D eigenvalue weighted by atomic mass is 16.6. The zero-order chi connectivity index (χ0) is 11.4. The Morgan fingerprint density at radius 3 is 2.94 bits per heavy atom. The third kappa shape index (κ3) is 3.47. The highest BCUT2D eigenvalue weighted by molar-refractivity contribution is 5.79. The van der Waals surface area contributed by atoms with Gasteiger partial charge in [-0.1, -0.05) is 0 Å². The Hall–Kier alpha value is -1.69. The average Bonchev–Trinajstić information content (AvgIpc) is 3.09. The summed E-state index contributed by atoms with van der Waals surface area (Å²) in [7, 11) is 0. The van der Waals surface area contributed by atoms with Gasteiger partial charge in [-0.25, -0.2) is 0 Å². The first kappa shape index (κ1) is 10.8. The van der Waals surface area contributed by atoms with Crippen LogP contribution in [0.3, 0.4) is 0 Å². The molecule has 0 bridgehead atoms. The fourth-order valence-corrected chi connectivity index (χ4v) is 0.968. The number of nitrogens with one attached hydrogen (secondary N) is 1. The topological polar surface area (TPSA) is 71.9 Å². The number of hydrazone groups is 1. The molecule has 1 aliphatic heterocycles. The van der Waals surface area contributed by atoms with Crippen LogP contribution in [0.25, 0.3) is 0 Å². The van der Waals surface area contributed by atoms with Crippen molar-refractivity contribution in [1.29, 1.82) is 0 Å². The van der Waals surface area contributed by atoms with E-state index >= 15 is 0 Å². The SMILES string of the molecule is CC(C)=NNc1ccc(OCC2CO2)nn1. The molecule has 2 rings (SSSR count). The third-order valence-electron chi connectivity index (χ3n) is 1.85. The van der Waals surface area contributed by atoms with Gasteiger partial charge in [0.2, 0.25) is 5.88 Å². The van der Waals surface area contributed by atoms with Crippen molar-refractivity contribution in [3.05, 3.63) is 12.1 Å². The first-order valence-electron chi connectivity index (χ1n) is 5.09. The number of nitrogens with zero attached hydrogens (tertiary/aromatic N) is 3. The number of hydrogen-bond donors (Lipinski definition) is 1. The Labute approximate surface area is 93.7 Å². The number of aromatic nitrogens is 2. The van der Waals surface area contributed by atoms with Crippen LogP contribution in [0.1, 0.15) is 13.8 Å². The number of ether oxygens (including phenoxy) is 2. The molecule has 0 aliphatic carbocycles. The van der Waals surface area contributed by atoms with Crippen LogP contribution in [0.15, 0.2) is 17.2 Å². The summed E-state index contributed by atoms with van der Waals surface area (Å²) < 4.78 is 10.4. The monoisotopic (exact) mass is 222 g/mol. The molecular formula is C10H14N4O2. The van der Waals surface area contributed by atoms with Crippen LogP contribution in [0, 0.1) is 0 Å². The molecule has 1 unspecified atom stereocenters. The zero-order valence-electron chi connectivity index (χ0n) is 9.30. The Morgan fingerprint density at radius 2 is 2.38 bits per heavy atom. The molecule has 86 valence electrons. The number of anilines is 1. The van der Waals surface area contributed by atoms with Crippen molar-refractivity contribution in [2.24, 2.45) is 5.10 Å². The predicted octanol–water partition coefficient (Wildman–Crippen LogP) is 1.06. The maximum Gasteiger partial charge on any atom is 0.233 e. The van der Waals surface area contributed by atoms with Crippen LogP contribution >= 0.6 is 0 Å². The van der Waals surface area contributed by atoms with Gasteiger partial charge in [0.1, 0.15) is 12.7 Å². The summed E-state index contributed by atoms with van der Waals surface area (Å²) in [4.78, 5) is 0. The van der Waals surface area contributed by atoms with Gasteiger partial charge < -0.3 is 9.47 Å². The highest BCUT2D eigenvalue weighted by Crippen LogP contribution is 2.13. The molecule has 1 aromatic heterocycles. The standard InChI is InChI=1S/C10H14N4O2/c1-7(2)11-12-9-3-4-10(14-13-9)16-6-8-5-15-8/h3-4,8H,5-6H2,1-2H3,(H,12,13). The van der Waals surface area contributed by atoms with E-state index in [1.54, 1.807) is 12.1 Å². The molecule has 1 aromatic rings. The van der Waals surface area contributed by atoms with Gasteiger partial charge in [0, 0.05) is 11.8 Å². The van der Waals surface area contributed by atoms with Crippen LogP contribution < -0.4 is 10.2 Å². The highest BCUT2D eigenvalue weighted by Gasteiger charge is 2.23. The molecule has 6 nitrogen and oxygen atoms in total. The van der Waals surface area contributed by atoms with Gasteiger partial charge in [-0.2, -0.15) is 5.10 Å². The molecule has 1 saturated heterocycles. The van der Waals surface area contributed by atoms with Gasteiger partial charge >= 0.3 is 0 Å². The van der Waals surface area contributed by atoms with E-state index in [-0.39, 0.29) is 6.10 Å². The number of hydrogen-bond acceptors (Lipinski definition) is 6. The molecule has 1 N–H and O–H groups in total. The van der Waals surface area contributed by atoms with Gasteiger partial charge in [0.15, 0.2) is 5.82 Å². The molecule has 0 saturated carbocycles. The first-order valence-corrected chi connectivity index (χ1v) is 5.09. The fourth-order valence-electron chi connectivity index (χ4n) is 0.968. The molecule has 0 radical (unpaired) electrons. The summed E-state index contributed by atoms with van der Waals surface area (Å²) in [5, 5.41) is 11.8.